The average molecular weight is 501 g/mol. The smallest absolute Gasteiger partial charge is 0.289 e. The van der Waals surface area contributed by atoms with Crippen molar-refractivity contribution in [2.24, 2.45) is 0 Å². The summed E-state index contributed by atoms with van der Waals surface area (Å²) in [6, 6.07) is 20.0. The van der Waals surface area contributed by atoms with Gasteiger partial charge in [0.1, 0.15) is 0 Å². The maximum atomic E-state index is 12.9. The van der Waals surface area contributed by atoms with Crippen LogP contribution in [0.15, 0.2) is 76.5 Å². The zero-order valence-corrected chi connectivity index (χ0v) is 21.2. The number of benzene rings is 2. The maximum Gasteiger partial charge on any atom is 0.289 e. The van der Waals surface area contributed by atoms with Crippen molar-refractivity contribution in [3.8, 4) is 22.5 Å². The van der Waals surface area contributed by atoms with Crippen molar-refractivity contribution >= 4 is 23.6 Å². The Balaban J connectivity index is 1.26. The van der Waals surface area contributed by atoms with Crippen molar-refractivity contribution in [1.82, 2.24) is 19.8 Å². The summed E-state index contributed by atoms with van der Waals surface area (Å²) in [5, 5.41) is 0.709. The predicted octanol–water partition coefficient (Wildman–Crippen LogP) is 5.03. The molecule has 0 saturated carbocycles. The largest absolute Gasteiger partial charge is 0.459 e. The zero-order chi connectivity index (χ0) is 25.1. The number of rotatable bonds is 6. The fourth-order valence-electron chi connectivity index (χ4n) is 4.21. The number of hydrogen-bond acceptors (Lipinski definition) is 5. The summed E-state index contributed by atoms with van der Waals surface area (Å²) in [4.78, 5) is 37.2. The van der Waals surface area contributed by atoms with Gasteiger partial charge in [0.2, 0.25) is 5.91 Å². The molecule has 7 nitrogen and oxygen atoms in total. The Labute approximate surface area is 214 Å². The Bertz CT molecular complexity index is 1270. The Morgan fingerprint density at radius 3 is 2.11 bits per heavy atom. The summed E-state index contributed by atoms with van der Waals surface area (Å²) in [6.07, 6.45) is 1.49. The normalized spacial score (nSPS) is 13.7. The summed E-state index contributed by atoms with van der Waals surface area (Å²) < 4.78 is 5.21. The fourth-order valence-corrected chi connectivity index (χ4v) is 4.98. The molecule has 2 aromatic heterocycles. The van der Waals surface area contributed by atoms with E-state index < -0.39 is 0 Å². The second-order valence-electron chi connectivity index (χ2n) is 8.94. The molecule has 184 valence electrons. The number of carbonyl (C=O) groups is 2. The van der Waals surface area contributed by atoms with Crippen molar-refractivity contribution in [3.63, 3.8) is 0 Å². The van der Waals surface area contributed by atoms with E-state index in [0.717, 1.165) is 22.5 Å². The van der Waals surface area contributed by atoms with Crippen LogP contribution in [0.2, 0.25) is 0 Å². The molecule has 0 atom stereocenters. The minimum Gasteiger partial charge on any atom is -0.459 e. The number of aromatic nitrogens is 2. The van der Waals surface area contributed by atoms with Crippen molar-refractivity contribution in [2.75, 3.05) is 31.9 Å². The van der Waals surface area contributed by atoms with E-state index in [9.17, 15) is 9.59 Å². The van der Waals surface area contributed by atoms with Crippen molar-refractivity contribution in [1.29, 1.82) is 0 Å². The number of aromatic amines is 1. The number of piperazine rings is 1. The van der Waals surface area contributed by atoms with E-state index in [4.69, 9.17) is 9.40 Å². The van der Waals surface area contributed by atoms with Crippen LogP contribution in [0.3, 0.4) is 0 Å². The molecule has 0 spiro atoms. The molecule has 1 fully saturated rings. The van der Waals surface area contributed by atoms with Gasteiger partial charge in [-0.05, 0) is 26.0 Å². The molecular formula is C28H28N4O3S. The zero-order valence-electron chi connectivity index (χ0n) is 20.4. The van der Waals surface area contributed by atoms with Crippen LogP contribution < -0.4 is 0 Å². The quantitative estimate of drug-likeness (QED) is 0.376. The summed E-state index contributed by atoms with van der Waals surface area (Å²) in [6.45, 7) is 6.13. The topological polar surface area (TPSA) is 82.4 Å². The number of aryl methyl sites for hydroxylation is 2. The Morgan fingerprint density at radius 1 is 0.889 bits per heavy atom. The first kappa shape index (κ1) is 23.9. The highest BCUT2D eigenvalue weighted by atomic mass is 32.2. The Hall–Kier alpha value is -3.78. The maximum absolute atomic E-state index is 12.9. The molecule has 1 N–H and O–H groups in total. The number of hydrogen-bond donors (Lipinski definition) is 1. The van der Waals surface area contributed by atoms with Gasteiger partial charge >= 0.3 is 0 Å². The summed E-state index contributed by atoms with van der Waals surface area (Å²) in [5.74, 6) is 0.511. The number of carbonyl (C=O) groups excluding carboxylic acids is 2. The highest BCUT2D eigenvalue weighted by molar-refractivity contribution is 7.99. The Morgan fingerprint density at radius 2 is 1.50 bits per heavy atom. The van der Waals surface area contributed by atoms with Crippen LogP contribution in [0.1, 0.15) is 21.7 Å². The number of nitrogens with one attached hydrogen (secondary N) is 1. The molecule has 1 saturated heterocycles. The molecule has 2 aromatic carbocycles. The molecule has 36 heavy (non-hydrogen) atoms. The van der Waals surface area contributed by atoms with E-state index in [0.29, 0.717) is 37.1 Å². The highest BCUT2D eigenvalue weighted by Gasteiger charge is 2.26. The van der Waals surface area contributed by atoms with Crippen LogP contribution in [0, 0.1) is 13.8 Å². The van der Waals surface area contributed by atoms with Crippen LogP contribution in [-0.4, -0.2) is 63.5 Å². The second kappa shape index (κ2) is 10.5. The number of H-pyrrole nitrogens is 1. The van der Waals surface area contributed by atoms with Gasteiger partial charge in [0, 0.05) is 37.3 Å². The molecule has 1 aliphatic heterocycles. The molecule has 0 radical (unpaired) electrons. The SMILES string of the molecule is Cc1ccc(-c2nc(SCC(=O)N3CCN(C(=O)c4ccco4)CC3)[nH]c2-c2ccc(C)cc2)cc1. The van der Waals surface area contributed by atoms with E-state index in [1.54, 1.807) is 17.0 Å². The van der Waals surface area contributed by atoms with Gasteiger partial charge in [-0.3, -0.25) is 9.59 Å². The first-order valence-corrected chi connectivity index (χ1v) is 12.9. The van der Waals surface area contributed by atoms with Gasteiger partial charge in [-0.2, -0.15) is 0 Å². The Kier molecular flexibility index (Phi) is 6.95. The van der Waals surface area contributed by atoms with E-state index in [2.05, 4.69) is 67.4 Å². The monoisotopic (exact) mass is 500 g/mol. The van der Waals surface area contributed by atoms with Crippen LogP contribution in [0.5, 0.6) is 0 Å². The lowest BCUT2D eigenvalue weighted by Gasteiger charge is -2.34. The van der Waals surface area contributed by atoms with Gasteiger partial charge in [-0.15, -0.1) is 0 Å². The number of nitrogens with zero attached hydrogens (tertiary/aromatic N) is 3. The van der Waals surface area contributed by atoms with E-state index in [1.807, 2.05) is 4.90 Å². The van der Waals surface area contributed by atoms with Crippen molar-refractivity contribution in [3.05, 3.63) is 83.8 Å². The van der Waals surface area contributed by atoms with Gasteiger partial charge in [0.25, 0.3) is 5.91 Å². The van der Waals surface area contributed by atoms with E-state index in [-0.39, 0.29) is 17.6 Å². The van der Waals surface area contributed by atoms with Crippen molar-refractivity contribution < 1.29 is 14.0 Å². The highest BCUT2D eigenvalue weighted by Crippen LogP contribution is 2.33. The number of thioether (sulfide) groups is 1. The van der Waals surface area contributed by atoms with Crippen LogP contribution in [0.25, 0.3) is 22.5 Å². The minimum absolute atomic E-state index is 0.0373. The standard InChI is InChI=1S/C28H28N4O3S/c1-19-5-9-21(10-6-19)25-26(22-11-7-20(2)8-12-22)30-28(29-25)36-18-24(33)31-13-15-32(16-14-31)27(34)23-4-3-17-35-23/h3-12,17H,13-16,18H2,1-2H3,(H,29,30). The summed E-state index contributed by atoms with van der Waals surface area (Å²) in [5.41, 5.74) is 6.29. The molecule has 0 aliphatic carbocycles. The number of imidazole rings is 1. The predicted molar refractivity (Wildman–Crippen MR) is 141 cm³/mol. The van der Waals surface area contributed by atoms with Crippen LogP contribution in [0.4, 0.5) is 0 Å². The molecule has 4 aromatic rings. The fraction of sp³-hybridized carbons (Fsp3) is 0.250. The van der Waals surface area contributed by atoms with E-state index in [1.165, 1.54) is 29.2 Å². The molecule has 5 rings (SSSR count). The average Bonchev–Trinajstić information content (AvgIpc) is 3.59. The third-order valence-corrected chi connectivity index (χ3v) is 7.19. The van der Waals surface area contributed by atoms with Gasteiger partial charge in [-0.1, -0.05) is 71.4 Å². The van der Waals surface area contributed by atoms with E-state index >= 15 is 0 Å². The van der Waals surface area contributed by atoms with Gasteiger partial charge in [0.15, 0.2) is 10.9 Å². The van der Waals surface area contributed by atoms with Crippen LogP contribution >= 0.6 is 11.8 Å². The van der Waals surface area contributed by atoms with Gasteiger partial charge < -0.3 is 19.2 Å². The minimum atomic E-state index is -0.135. The third-order valence-electron chi connectivity index (χ3n) is 6.33. The first-order chi connectivity index (χ1) is 17.5. The lowest BCUT2D eigenvalue weighted by molar-refractivity contribution is -0.129. The molecule has 2 amide bonds. The molecular weight excluding hydrogens is 472 g/mol. The first-order valence-electron chi connectivity index (χ1n) is 12.0. The molecule has 0 bridgehead atoms. The van der Waals surface area contributed by atoms with Gasteiger partial charge in [0.05, 0.1) is 23.4 Å². The summed E-state index contributed by atoms with van der Waals surface area (Å²) in [7, 11) is 0. The molecule has 0 unspecified atom stereocenters. The van der Waals surface area contributed by atoms with Gasteiger partial charge in [-0.25, -0.2) is 4.98 Å². The molecule has 1 aliphatic rings. The van der Waals surface area contributed by atoms with Crippen LogP contribution in [-0.2, 0) is 4.79 Å². The third kappa shape index (κ3) is 5.23. The molecule has 8 heteroatoms. The second-order valence-corrected chi connectivity index (χ2v) is 9.90. The van der Waals surface area contributed by atoms with Crippen molar-refractivity contribution in [2.45, 2.75) is 19.0 Å². The number of amides is 2. The molecule has 3 heterocycles. The lowest BCUT2D eigenvalue weighted by Crippen LogP contribution is -2.51. The lowest BCUT2D eigenvalue weighted by atomic mass is 10.0. The number of furan rings is 1. The summed E-state index contributed by atoms with van der Waals surface area (Å²) >= 11 is 1.40.